The third-order valence-corrected chi connectivity index (χ3v) is 5.84. The van der Waals surface area contributed by atoms with Gasteiger partial charge in [0.25, 0.3) is 0 Å². The minimum Gasteiger partial charge on any atom is -0.192 e. The summed E-state index contributed by atoms with van der Waals surface area (Å²) in [6, 6.07) is 9.79. The Morgan fingerprint density at radius 2 is 1.85 bits per heavy atom. The zero-order valence-corrected chi connectivity index (χ0v) is 12.9. The molecule has 0 bridgehead atoms. The van der Waals surface area contributed by atoms with Crippen LogP contribution in [-0.4, -0.2) is 0 Å². The molecule has 3 heteroatoms. The summed E-state index contributed by atoms with van der Waals surface area (Å²) >= 11 is 3.68. The minimum absolute atomic E-state index is 0.700. The van der Waals surface area contributed by atoms with Crippen LogP contribution in [0.1, 0.15) is 27.1 Å². The van der Waals surface area contributed by atoms with E-state index < -0.39 is 0 Å². The third-order valence-electron chi connectivity index (χ3n) is 3.36. The second-order valence-electron chi connectivity index (χ2n) is 4.74. The number of nitriles is 1. The Hall–Kier alpha value is -1.89. The Labute approximate surface area is 126 Å². The molecule has 0 N–H and O–H groups in total. The van der Waals surface area contributed by atoms with Crippen molar-refractivity contribution in [1.82, 2.24) is 0 Å². The first-order valence-electron chi connectivity index (χ1n) is 6.34. The van der Waals surface area contributed by atoms with Crippen LogP contribution in [-0.2, 0) is 0 Å². The van der Waals surface area contributed by atoms with Gasteiger partial charge in [0.05, 0.1) is 15.6 Å². The first-order chi connectivity index (χ1) is 9.69. The predicted octanol–water partition coefficient (Wildman–Crippen LogP) is 5.62. The van der Waals surface area contributed by atoms with Crippen LogP contribution in [0.4, 0.5) is 0 Å². The number of benzene rings is 1. The molecule has 3 rings (SSSR count). The fourth-order valence-electron chi connectivity index (χ4n) is 2.24. The van der Waals surface area contributed by atoms with E-state index in [1.54, 1.807) is 0 Å². The third kappa shape index (κ3) is 2.29. The number of hydrogen-bond donors (Lipinski definition) is 0. The second kappa shape index (κ2) is 5.24. The second-order valence-corrected chi connectivity index (χ2v) is 6.93. The van der Waals surface area contributed by atoms with Crippen molar-refractivity contribution in [2.75, 3.05) is 0 Å². The van der Waals surface area contributed by atoms with E-state index in [0.717, 1.165) is 5.56 Å². The van der Waals surface area contributed by atoms with Gasteiger partial charge in [-0.25, -0.2) is 0 Å². The zero-order chi connectivity index (χ0) is 14.1. The molecule has 0 unspecified atom stereocenters. The van der Waals surface area contributed by atoms with Crippen LogP contribution in [0.25, 0.3) is 21.6 Å². The van der Waals surface area contributed by atoms with E-state index in [1.807, 2.05) is 46.9 Å². The molecule has 0 radical (unpaired) electrons. The Balaban J connectivity index is 1.94. The van der Waals surface area contributed by atoms with Crippen molar-refractivity contribution in [1.29, 1.82) is 5.26 Å². The van der Waals surface area contributed by atoms with E-state index in [9.17, 15) is 0 Å². The number of aryl methyl sites for hydroxylation is 2. The van der Waals surface area contributed by atoms with Gasteiger partial charge in [-0.2, -0.15) is 5.26 Å². The first-order valence-corrected chi connectivity index (χ1v) is 8.04. The van der Waals surface area contributed by atoms with E-state index in [2.05, 4.69) is 37.4 Å². The summed E-state index contributed by atoms with van der Waals surface area (Å²) in [5.41, 5.74) is 4.56. The molecule has 0 aliphatic heterocycles. The van der Waals surface area contributed by atoms with Crippen molar-refractivity contribution in [3.63, 3.8) is 0 Å². The SMILES string of the molecule is Cc1csc2sc(/C=C/c3ccc(C#N)cc3)c(C)c12. The van der Waals surface area contributed by atoms with Crippen LogP contribution in [0, 0.1) is 25.2 Å². The van der Waals surface area contributed by atoms with Crippen LogP contribution in [0.15, 0.2) is 29.6 Å². The van der Waals surface area contributed by atoms with Gasteiger partial charge < -0.3 is 0 Å². The van der Waals surface area contributed by atoms with Crippen molar-refractivity contribution in [2.24, 2.45) is 0 Å². The largest absolute Gasteiger partial charge is 0.192 e. The molecule has 98 valence electrons. The number of thiophene rings is 2. The molecule has 1 nitrogen and oxygen atoms in total. The monoisotopic (exact) mass is 295 g/mol. The fourth-order valence-corrected chi connectivity index (χ4v) is 4.69. The molecule has 0 spiro atoms. The lowest BCUT2D eigenvalue weighted by molar-refractivity contribution is 1.48. The van der Waals surface area contributed by atoms with Crippen LogP contribution in [0.2, 0.25) is 0 Å². The lowest BCUT2D eigenvalue weighted by atomic mass is 10.1. The van der Waals surface area contributed by atoms with Crippen molar-refractivity contribution in [3.8, 4) is 6.07 Å². The fraction of sp³-hybridized carbons (Fsp3) is 0.118. The van der Waals surface area contributed by atoms with Crippen molar-refractivity contribution in [2.45, 2.75) is 13.8 Å². The van der Waals surface area contributed by atoms with Crippen LogP contribution >= 0.6 is 22.7 Å². The summed E-state index contributed by atoms with van der Waals surface area (Å²) in [4.78, 5) is 1.32. The molecule has 2 heterocycles. The van der Waals surface area contributed by atoms with Crippen molar-refractivity contribution in [3.05, 3.63) is 56.8 Å². The van der Waals surface area contributed by atoms with Crippen molar-refractivity contribution >= 4 is 44.2 Å². The molecule has 2 aromatic heterocycles. The van der Waals surface area contributed by atoms with Gasteiger partial charge in [-0.3, -0.25) is 0 Å². The zero-order valence-electron chi connectivity index (χ0n) is 11.3. The summed E-state index contributed by atoms with van der Waals surface area (Å²) in [6.45, 7) is 4.36. The number of nitrogens with zero attached hydrogens (tertiary/aromatic N) is 1. The van der Waals surface area contributed by atoms with E-state index in [4.69, 9.17) is 5.26 Å². The number of rotatable bonds is 2. The Morgan fingerprint density at radius 3 is 2.50 bits per heavy atom. The summed E-state index contributed by atoms with van der Waals surface area (Å²) in [5, 5.41) is 12.4. The lowest BCUT2D eigenvalue weighted by Crippen LogP contribution is -1.76. The predicted molar refractivity (Wildman–Crippen MR) is 89.3 cm³/mol. The molecule has 20 heavy (non-hydrogen) atoms. The molecule has 0 atom stereocenters. The van der Waals surface area contributed by atoms with Gasteiger partial charge in [0.2, 0.25) is 0 Å². The summed E-state index contributed by atoms with van der Waals surface area (Å²) < 4.78 is 1.40. The van der Waals surface area contributed by atoms with E-state index in [1.165, 1.54) is 25.4 Å². The summed E-state index contributed by atoms with van der Waals surface area (Å²) in [6.07, 6.45) is 4.28. The highest BCUT2D eigenvalue weighted by atomic mass is 32.2. The minimum atomic E-state index is 0.700. The molecule has 0 saturated carbocycles. The molecular formula is C17H13NS2. The highest BCUT2D eigenvalue weighted by molar-refractivity contribution is 7.38. The van der Waals surface area contributed by atoms with E-state index in [-0.39, 0.29) is 0 Å². The maximum atomic E-state index is 8.79. The van der Waals surface area contributed by atoms with Gasteiger partial charge in [-0.15, -0.1) is 22.7 Å². The average Bonchev–Trinajstić information content (AvgIpc) is 2.98. The van der Waals surface area contributed by atoms with Crippen LogP contribution in [0.3, 0.4) is 0 Å². The molecule has 0 saturated heterocycles. The highest BCUT2D eigenvalue weighted by Gasteiger charge is 2.09. The summed E-state index contributed by atoms with van der Waals surface area (Å²) in [5.74, 6) is 0. The molecular weight excluding hydrogens is 282 g/mol. The average molecular weight is 295 g/mol. The molecule has 0 fully saturated rings. The summed E-state index contributed by atoms with van der Waals surface area (Å²) in [7, 11) is 0. The standard InChI is InChI=1S/C17H13NS2/c1-11-10-19-17-16(11)12(2)15(20-17)8-7-13-3-5-14(9-18)6-4-13/h3-8,10H,1-2H3/b8-7+. The van der Waals surface area contributed by atoms with Crippen LogP contribution in [0.5, 0.6) is 0 Å². The van der Waals surface area contributed by atoms with E-state index >= 15 is 0 Å². The normalized spacial score (nSPS) is 11.2. The molecule has 0 amide bonds. The van der Waals surface area contributed by atoms with Gasteiger partial charge in [0.15, 0.2) is 0 Å². The van der Waals surface area contributed by atoms with Gasteiger partial charge in [0, 0.05) is 10.3 Å². The van der Waals surface area contributed by atoms with Crippen LogP contribution < -0.4 is 0 Å². The topological polar surface area (TPSA) is 23.8 Å². The maximum Gasteiger partial charge on any atom is 0.0991 e. The quantitative estimate of drug-likeness (QED) is 0.601. The molecule has 0 aliphatic rings. The molecule has 1 aromatic carbocycles. The van der Waals surface area contributed by atoms with E-state index in [0.29, 0.717) is 5.56 Å². The molecule has 0 aliphatic carbocycles. The number of fused-ring (bicyclic) bond motifs is 1. The number of hydrogen-bond acceptors (Lipinski definition) is 3. The Bertz CT molecular complexity index is 826. The Morgan fingerprint density at radius 1 is 1.10 bits per heavy atom. The molecule has 3 aromatic rings. The Kier molecular flexibility index (Phi) is 3.43. The highest BCUT2D eigenvalue weighted by Crippen LogP contribution is 2.38. The first kappa shape index (κ1) is 13.1. The van der Waals surface area contributed by atoms with Gasteiger partial charge in [-0.1, -0.05) is 18.2 Å². The van der Waals surface area contributed by atoms with Crippen molar-refractivity contribution < 1.29 is 0 Å². The van der Waals surface area contributed by atoms with Gasteiger partial charge >= 0.3 is 0 Å². The van der Waals surface area contributed by atoms with Gasteiger partial charge in [-0.05, 0) is 54.1 Å². The lowest BCUT2D eigenvalue weighted by Gasteiger charge is -1.95. The smallest absolute Gasteiger partial charge is 0.0991 e. The maximum absolute atomic E-state index is 8.79. The van der Waals surface area contributed by atoms with Gasteiger partial charge in [0.1, 0.15) is 0 Å².